The molecule has 1 saturated carbocycles. The van der Waals surface area contributed by atoms with Crippen LogP contribution < -0.4 is 5.32 Å². The van der Waals surface area contributed by atoms with Crippen LogP contribution in [0.2, 0.25) is 0 Å². The molecule has 0 atom stereocenters. The predicted molar refractivity (Wildman–Crippen MR) is 80.7 cm³/mol. The first-order valence-electron chi connectivity index (χ1n) is 7.98. The van der Waals surface area contributed by atoms with Crippen LogP contribution in [-0.4, -0.2) is 42.8 Å². The van der Waals surface area contributed by atoms with E-state index >= 15 is 0 Å². The van der Waals surface area contributed by atoms with Crippen molar-refractivity contribution in [1.82, 2.24) is 10.2 Å². The molecule has 1 N–H and O–H groups in total. The van der Waals surface area contributed by atoms with Crippen molar-refractivity contribution in [2.24, 2.45) is 5.92 Å². The lowest BCUT2D eigenvalue weighted by Gasteiger charge is -2.35. The molecule has 1 aliphatic carbocycles. The van der Waals surface area contributed by atoms with Crippen LogP contribution in [0.1, 0.15) is 45.4 Å². The topological polar surface area (TPSA) is 41.6 Å². The Bertz CT molecular complexity index is 316. The van der Waals surface area contributed by atoms with Crippen LogP contribution in [0.4, 0.5) is 4.79 Å². The zero-order valence-corrected chi connectivity index (χ0v) is 12.6. The average molecular weight is 280 g/mol. The van der Waals surface area contributed by atoms with Gasteiger partial charge in [0.05, 0.1) is 12.2 Å². The summed E-state index contributed by atoms with van der Waals surface area (Å²) in [5.74, 6) is 0.866. The van der Waals surface area contributed by atoms with Crippen LogP contribution in [0.3, 0.4) is 0 Å². The van der Waals surface area contributed by atoms with E-state index in [9.17, 15) is 4.79 Å². The fourth-order valence-corrected chi connectivity index (χ4v) is 3.10. The van der Waals surface area contributed by atoms with E-state index in [1.54, 1.807) is 6.08 Å². The molecule has 1 aliphatic heterocycles. The van der Waals surface area contributed by atoms with Crippen molar-refractivity contribution in [1.29, 1.82) is 0 Å². The number of amides is 2. The van der Waals surface area contributed by atoms with Crippen LogP contribution >= 0.6 is 0 Å². The van der Waals surface area contributed by atoms with Crippen molar-refractivity contribution in [2.45, 2.75) is 57.7 Å². The zero-order chi connectivity index (χ0) is 14.4. The van der Waals surface area contributed by atoms with Crippen molar-refractivity contribution in [2.75, 3.05) is 19.6 Å². The van der Waals surface area contributed by atoms with E-state index in [-0.39, 0.29) is 6.03 Å². The number of nitrogens with zero attached hydrogens (tertiary/aromatic N) is 1. The highest BCUT2D eigenvalue weighted by molar-refractivity contribution is 5.74. The fourth-order valence-electron chi connectivity index (χ4n) is 3.10. The van der Waals surface area contributed by atoms with Crippen molar-refractivity contribution in [3.63, 3.8) is 0 Å². The second kappa shape index (κ2) is 7.67. The number of carbonyl (C=O) groups excluding carboxylic acids is 1. The lowest BCUT2D eigenvalue weighted by molar-refractivity contribution is -0.0559. The fraction of sp³-hybridized carbons (Fsp3) is 0.812. The molecule has 0 unspecified atom stereocenters. The minimum absolute atomic E-state index is 0.0230. The molecule has 0 aromatic carbocycles. The maximum atomic E-state index is 11.8. The second-order valence-electron chi connectivity index (χ2n) is 6.18. The molecule has 20 heavy (non-hydrogen) atoms. The minimum atomic E-state index is 0.0230. The highest BCUT2D eigenvalue weighted by Gasteiger charge is 2.26. The van der Waals surface area contributed by atoms with Gasteiger partial charge in [-0.3, -0.25) is 0 Å². The van der Waals surface area contributed by atoms with E-state index in [0.717, 1.165) is 31.8 Å². The molecular weight excluding hydrogens is 252 g/mol. The number of likely N-dealkylation sites (tertiary alicyclic amines) is 1. The van der Waals surface area contributed by atoms with Gasteiger partial charge in [0.25, 0.3) is 0 Å². The van der Waals surface area contributed by atoms with E-state index in [4.69, 9.17) is 4.74 Å². The first-order chi connectivity index (χ1) is 9.69. The van der Waals surface area contributed by atoms with Gasteiger partial charge in [-0.25, -0.2) is 4.79 Å². The predicted octanol–water partition coefficient (Wildman–Crippen LogP) is 2.94. The van der Waals surface area contributed by atoms with Gasteiger partial charge in [-0.1, -0.05) is 13.0 Å². The number of urea groups is 1. The van der Waals surface area contributed by atoms with E-state index in [1.807, 2.05) is 4.90 Å². The van der Waals surface area contributed by atoms with Crippen LogP contribution in [-0.2, 0) is 4.74 Å². The lowest BCUT2D eigenvalue weighted by Crippen LogP contribution is -2.46. The summed E-state index contributed by atoms with van der Waals surface area (Å²) in [5.41, 5.74) is 0. The average Bonchev–Trinajstić information content (AvgIpc) is 2.48. The molecule has 2 rings (SSSR count). The molecule has 1 heterocycles. The first-order valence-corrected chi connectivity index (χ1v) is 7.98. The standard InChI is InChI=1S/C16H28N2O2/c1-3-10-17-16(19)18-11-8-15(9-12-18)20-14-6-4-13(2)5-7-14/h3,13-15H,1,4-12H2,2H3,(H,17,19). The summed E-state index contributed by atoms with van der Waals surface area (Å²) in [4.78, 5) is 13.7. The third-order valence-electron chi connectivity index (χ3n) is 4.47. The van der Waals surface area contributed by atoms with Gasteiger partial charge in [-0.15, -0.1) is 6.58 Å². The Morgan fingerprint density at radius 1 is 1.20 bits per heavy atom. The summed E-state index contributed by atoms with van der Waals surface area (Å²) < 4.78 is 6.22. The highest BCUT2D eigenvalue weighted by atomic mass is 16.5. The van der Waals surface area contributed by atoms with Gasteiger partial charge >= 0.3 is 6.03 Å². The molecule has 0 aromatic heterocycles. The lowest BCUT2D eigenvalue weighted by atomic mass is 9.88. The molecule has 4 nitrogen and oxygen atoms in total. The molecule has 0 spiro atoms. The molecule has 1 saturated heterocycles. The number of ether oxygens (including phenoxy) is 1. The number of nitrogens with one attached hydrogen (secondary N) is 1. The summed E-state index contributed by atoms with van der Waals surface area (Å²) in [6.45, 7) is 8.08. The summed E-state index contributed by atoms with van der Waals surface area (Å²) >= 11 is 0. The normalized spacial score (nSPS) is 28.1. The second-order valence-corrected chi connectivity index (χ2v) is 6.18. The monoisotopic (exact) mass is 280 g/mol. The summed E-state index contributed by atoms with van der Waals surface area (Å²) in [7, 11) is 0. The number of carbonyl (C=O) groups is 1. The molecule has 2 aliphatic rings. The molecule has 4 heteroatoms. The van der Waals surface area contributed by atoms with Crippen LogP contribution in [0.25, 0.3) is 0 Å². The molecule has 2 fully saturated rings. The Hall–Kier alpha value is -1.03. The molecule has 2 amide bonds. The Morgan fingerprint density at radius 2 is 1.80 bits per heavy atom. The molecule has 0 bridgehead atoms. The van der Waals surface area contributed by atoms with E-state index < -0.39 is 0 Å². The van der Waals surface area contributed by atoms with Crippen LogP contribution in [0.5, 0.6) is 0 Å². The molecule has 0 radical (unpaired) electrons. The third-order valence-corrected chi connectivity index (χ3v) is 4.47. The molecule has 114 valence electrons. The maximum absolute atomic E-state index is 11.8. The highest BCUT2D eigenvalue weighted by Crippen LogP contribution is 2.28. The van der Waals surface area contributed by atoms with E-state index in [2.05, 4.69) is 18.8 Å². The van der Waals surface area contributed by atoms with Gasteiger partial charge in [0.1, 0.15) is 0 Å². The van der Waals surface area contributed by atoms with Crippen LogP contribution in [0, 0.1) is 5.92 Å². The van der Waals surface area contributed by atoms with Crippen molar-refractivity contribution in [3.8, 4) is 0 Å². The van der Waals surface area contributed by atoms with E-state index in [0.29, 0.717) is 18.8 Å². The largest absolute Gasteiger partial charge is 0.375 e. The summed E-state index contributed by atoms with van der Waals surface area (Å²) in [6, 6.07) is 0.0230. The minimum Gasteiger partial charge on any atom is -0.375 e. The quantitative estimate of drug-likeness (QED) is 0.804. The van der Waals surface area contributed by atoms with Gasteiger partial charge in [-0.05, 0) is 44.4 Å². The molecular formula is C16H28N2O2. The summed E-state index contributed by atoms with van der Waals surface area (Å²) in [6.07, 6.45) is 9.46. The van der Waals surface area contributed by atoms with Gasteiger partial charge in [0.2, 0.25) is 0 Å². The number of piperidine rings is 1. The number of hydrogen-bond donors (Lipinski definition) is 1. The van der Waals surface area contributed by atoms with Gasteiger partial charge in [0, 0.05) is 19.6 Å². The van der Waals surface area contributed by atoms with Crippen molar-refractivity contribution >= 4 is 6.03 Å². The Labute approximate surface area is 122 Å². The number of rotatable bonds is 4. The first kappa shape index (κ1) is 15.4. The molecule has 0 aromatic rings. The maximum Gasteiger partial charge on any atom is 0.317 e. The smallest absolute Gasteiger partial charge is 0.317 e. The number of hydrogen-bond acceptors (Lipinski definition) is 2. The Balaban J connectivity index is 1.66. The van der Waals surface area contributed by atoms with Gasteiger partial charge < -0.3 is 15.0 Å². The third kappa shape index (κ3) is 4.51. The SMILES string of the molecule is C=CCNC(=O)N1CCC(OC2CCC(C)CC2)CC1. The van der Waals surface area contributed by atoms with Crippen LogP contribution in [0.15, 0.2) is 12.7 Å². The van der Waals surface area contributed by atoms with Crippen molar-refractivity contribution in [3.05, 3.63) is 12.7 Å². The Kier molecular flexibility index (Phi) is 5.89. The Morgan fingerprint density at radius 3 is 2.40 bits per heavy atom. The zero-order valence-electron chi connectivity index (χ0n) is 12.6. The van der Waals surface area contributed by atoms with Gasteiger partial charge in [0.15, 0.2) is 0 Å². The van der Waals surface area contributed by atoms with Crippen molar-refractivity contribution < 1.29 is 9.53 Å². The van der Waals surface area contributed by atoms with Gasteiger partial charge in [-0.2, -0.15) is 0 Å². The summed E-state index contributed by atoms with van der Waals surface area (Å²) in [5, 5.41) is 2.83. The van der Waals surface area contributed by atoms with E-state index in [1.165, 1.54) is 25.7 Å².